The first-order valence-corrected chi connectivity index (χ1v) is 11.7. The van der Waals surface area contributed by atoms with Gasteiger partial charge in [0.15, 0.2) is 11.5 Å². The van der Waals surface area contributed by atoms with Crippen molar-refractivity contribution in [2.45, 2.75) is 17.9 Å². The van der Waals surface area contributed by atoms with Crippen LogP contribution < -0.4 is 19.1 Å². The molecule has 0 radical (unpaired) electrons. The molecule has 0 saturated heterocycles. The van der Waals surface area contributed by atoms with Crippen LogP contribution in [-0.2, 0) is 14.8 Å². The summed E-state index contributed by atoms with van der Waals surface area (Å²) >= 11 is 1.56. The number of fused-ring (bicyclic) bond motifs is 1. The number of nitrogens with one attached hydrogen (secondary N) is 1. The molecule has 2 aromatic carbocycles. The molecular weight excluding hydrogens is 400 g/mol. The van der Waals surface area contributed by atoms with E-state index >= 15 is 0 Å². The standard InChI is InChI=1S/C19H22N2O5S2/c1-13(19(22)20-14-5-4-6-16(11-14)27-2)21(28(3,23)24)15-7-8-17-18(12-15)26-10-9-25-17/h4-8,11-13H,9-10H2,1-3H3,(H,20,22)/t13-/m1/s1. The highest BCUT2D eigenvalue weighted by Crippen LogP contribution is 2.35. The van der Waals surface area contributed by atoms with Gasteiger partial charge in [-0.15, -0.1) is 11.8 Å². The summed E-state index contributed by atoms with van der Waals surface area (Å²) < 4.78 is 37.0. The molecule has 150 valence electrons. The fraction of sp³-hybridized carbons (Fsp3) is 0.316. The number of amides is 1. The van der Waals surface area contributed by atoms with Crippen molar-refractivity contribution in [1.29, 1.82) is 0 Å². The van der Waals surface area contributed by atoms with Crippen LogP contribution in [0.4, 0.5) is 11.4 Å². The van der Waals surface area contributed by atoms with E-state index in [1.165, 1.54) is 0 Å². The first-order chi connectivity index (χ1) is 13.3. The largest absolute Gasteiger partial charge is 0.486 e. The summed E-state index contributed by atoms with van der Waals surface area (Å²) in [6.45, 7) is 2.37. The number of hydrogen-bond acceptors (Lipinski definition) is 6. The first-order valence-electron chi connectivity index (χ1n) is 8.63. The van der Waals surface area contributed by atoms with Crippen molar-refractivity contribution < 1.29 is 22.7 Å². The van der Waals surface area contributed by atoms with Crippen LogP contribution in [0.3, 0.4) is 0 Å². The van der Waals surface area contributed by atoms with Gasteiger partial charge in [-0.25, -0.2) is 8.42 Å². The van der Waals surface area contributed by atoms with Crippen molar-refractivity contribution in [1.82, 2.24) is 0 Å². The van der Waals surface area contributed by atoms with E-state index < -0.39 is 22.0 Å². The summed E-state index contributed by atoms with van der Waals surface area (Å²) in [4.78, 5) is 13.8. The molecule has 28 heavy (non-hydrogen) atoms. The van der Waals surface area contributed by atoms with Gasteiger partial charge in [0.1, 0.15) is 19.3 Å². The highest BCUT2D eigenvalue weighted by atomic mass is 32.2. The molecule has 1 amide bonds. The third kappa shape index (κ3) is 4.53. The Morgan fingerprint density at radius 1 is 1.14 bits per heavy atom. The van der Waals surface area contributed by atoms with Crippen molar-refractivity contribution in [3.63, 3.8) is 0 Å². The summed E-state index contributed by atoms with van der Waals surface area (Å²) in [5, 5.41) is 2.79. The fourth-order valence-corrected chi connectivity index (χ4v) is 4.55. The van der Waals surface area contributed by atoms with E-state index in [2.05, 4.69) is 5.32 Å². The molecule has 1 atom stereocenters. The highest BCUT2D eigenvalue weighted by molar-refractivity contribution is 7.98. The molecule has 7 nitrogen and oxygen atoms in total. The molecule has 1 N–H and O–H groups in total. The zero-order valence-electron chi connectivity index (χ0n) is 15.8. The molecular formula is C19H22N2O5S2. The summed E-state index contributed by atoms with van der Waals surface area (Å²) in [6, 6.07) is 11.2. The van der Waals surface area contributed by atoms with Crippen LogP contribution in [-0.4, -0.2) is 46.1 Å². The van der Waals surface area contributed by atoms with Crippen LogP contribution in [0.1, 0.15) is 6.92 Å². The van der Waals surface area contributed by atoms with Crippen LogP contribution in [0.25, 0.3) is 0 Å². The summed E-state index contributed by atoms with van der Waals surface area (Å²) in [5.74, 6) is 0.575. The monoisotopic (exact) mass is 422 g/mol. The van der Waals surface area contributed by atoms with E-state index in [1.807, 2.05) is 24.5 Å². The summed E-state index contributed by atoms with van der Waals surface area (Å²) in [5.41, 5.74) is 0.951. The lowest BCUT2D eigenvalue weighted by Crippen LogP contribution is -2.45. The molecule has 2 aromatic rings. The van der Waals surface area contributed by atoms with Crippen LogP contribution >= 0.6 is 11.8 Å². The maximum absolute atomic E-state index is 12.8. The van der Waals surface area contributed by atoms with E-state index in [9.17, 15) is 13.2 Å². The van der Waals surface area contributed by atoms with E-state index in [0.717, 1.165) is 15.5 Å². The van der Waals surface area contributed by atoms with Gasteiger partial charge in [0, 0.05) is 16.6 Å². The number of hydrogen-bond donors (Lipinski definition) is 1. The molecule has 0 spiro atoms. The van der Waals surface area contributed by atoms with Gasteiger partial charge in [0.25, 0.3) is 0 Å². The molecule has 0 fully saturated rings. The minimum Gasteiger partial charge on any atom is -0.486 e. The number of benzene rings is 2. The molecule has 0 bridgehead atoms. The number of sulfonamides is 1. The molecule has 3 rings (SSSR count). The minimum absolute atomic E-state index is 0.340. The molecule has 1 aliphatic heterocycles. The average Bonchev–Trinajstić information content (AvgIpc) is 2.67. The Labute approximate surface area is 169 Å². The van der Waals surface area contributed by atoms with E-state index in [0.29, 0.717) is 36.1 Å². The second-order valence-electron chi connectivity index (χ2n) is 6.28. The molecule has 0 aliphatic carbocycles. The van der Waals surface area contributed by atoms with E-state index in [-0.39, 0.29) is 0 Å². The molecule has 1 heterocycles. The number of carbonyl (C=O) groups is 1. The Morgan fingerprint density at radius 3 is 2.54 bits per heavy atom. The van der Waals surface area contributed by atoms with Gasteiger partial charge < -0.3 is 14.8 Å². The Balaban J connectivity index is 1.88. The Hall–Kier alpha value is -2.39. The number of ether oxygens (including phenoxy) is 2. The molecule has 1 aliphatic rings. The van der Waals surface area contributed by atoms with Crippen molar-refractivity contribution in [2.75, 3.05) is 35.3 Å². The second kappa shape index (κ2) is 8.32. The van der Waals surface area contributed by atoms with E-state index in [1.54, 1.807) is 43.0 Å². The van der Waals surface area contributed by atoms with Crippen LogP contribution in [0.15, 0.2) is 47.4 Å². The molecule has 0 aromatic heterocycles. The lowest BCUT2D eigenvalue weighted by molar-refractivity contribution is -0.116. The van der Waals surface area contributed by atoms with Crippen LogP contribution in [0, 0.1) is 0 Å². The molecule has 9 heteroatoms. The van der Waals surface area contributed by atoms with Gasteiger partial charge in [-0.2, -0.15) is 0 Å². The van der Waals surface area contributed by atoms with Gasteiger partial charge >= 0.3 is 0 Å². The number of nitrogens with zero attached hydrogens (tertiary/aromatic N) is 1. The minimum atomic E-state index is -3.72. The molecule has 0 saturated carbocycles. The number of thioether (sulfide) groups is 1. The van der Waals surface area contributed by atoms with Crippen molar-refractivity contribution in [3.8, 4) is 11.5 Å². The Morgan fingerprint density at radius 2 is 1.86 bits per heavy atom. The van der Waals surface area contributed by atoms with Crippen molar-refractivity contribution in [2.24, 2.45) is 0 Å². The number of carbonyl (C=O) groups excluding carboxylic acids is 1. The zero-order valence-corrected chi connectivity index (χ0v) is 17.5. The van der Waals surface area contributed by atoms with Crippen LogP contribution in [0.2, 0.25) is 0 Å². The normalized spacial score (nSPS) is 14.2. The second-order valence-corrected chi connectivity index (χ2v) is 9.02. The van der Waals surface area contributed by atoms with Gasteiger partial charge in [-0.05, 0) is 43.5 Å². The topological polar surface area (TPSA) is 84.9 Å². The predicted octanol–water partition coefficient (Wildman–Crippen LogP) is 2.97. The van der Waals surface area contributed by atoms with Gasteiger partial charge in [-0.3, -0.25) is 9.10 Å². The van der Waals surface area contributed by atoms with Crippen molar-refractivity contribution >= 4 is 39.1 Å². The van der Waals surface area contributed by atoms with Crippen LogP contribution in [0.5, 0.6) is 11.5 Å². The Kier molecular flexibility index (Phi) is 6.04. The predicted molar refractivity (Wildman–Crippen MR) is 111 cm³/mol. The zero-order chi connectivity index (χ0) is 20.3. The number of rotatable bonds is 6. The average molecular weight is 423 g/mol. The first kappa shape index (κ1) is 20.3. The third-order valence-corrected chi connectivity index (χ3v) is 6.17. The lowest BCUT2D eigenvalue weighted by atomic mass is 10.2. The highest BCUT2D eigenvalue weighted by Gasteiger charge is 2.30. The smallest absolute Gasteiger partial charge is 0.247 e. The quantitative estimate of drug-likeness (QED) is 0.721. The maximum atomic E-state index is 12.8. The lowest BCUT2D eigenvalue weighted by Gasteiger charge is -2.29. The van der Waals surface area contributed by atoms with E-state index in [4.69, 9.17) is 9.47 Å². The van der Waals surface area contributed by atoms with Gasteiger partial charge in [0.2, 0.25) is 15.9 Å². The maximum Gasteiger partial charge on any atom is 0.247 e. The molecule has 0 unspecified atom stereocenters. The van der Waals surface area contributed by atoms with Gasteiger partial charge in [0.05, 0.1) is 11.9 Å². The SMILES string of the molecule is CSc1cccc(NC(=O)[C@@H](C)N(c2ccc3c(c2)OCCO3)S(C)(=O)=O)c1. The van der Waals surface area contributed by atoms with Gasteiger partial charge in [-0.1, -0.05) is 6.07 Å². The number of anilines is 2. The fourth-order valence-electron chi connectivity index (χ4n) is 2.93. The van der Waals surface area contributed by atoms with Crippen molar-refractivity contribution in [3.05, 3.63) is 42.5 Å². The summed E-state index contributed by atoms with van der Waals surface area (Å²) in [6.07, 6.45) is 3.01. The summed E-state index contributed by atoms with van der Waals surface area (Å²) in [7, 11) is -3.72. The third-order valence-electron chi connectivity index (χ3n) is 4.21. The Bertz CT molecular complexity index is 978.